The van der Waals surface area contributed by atoms with E-state index in [9.17, 15) is 4.79 Å². The minimum absolute atomic E-state index is 0.00764. The van der Waals surface area contributed by atoms with Crippen LogP contribution in [-0.4, -0.2) is 19.0 Å². The first kappa shape index (κ1) is 24.2. The van der Waals surface area contributed by atoms with E-state index in [1.54, 1.807) is 24.3 Å². The largest absolute Gasteiger partial charge is 0.486 e. The molecule has 0 saturated carbocycles. The zero-order valence-electron chi connectivity index (χ0n) is 16.2. The lowest BCUT2D eigenvalue weighted by atomic mass is 10.0. The number of carbonyl (C=O) groups is 1. The van der Waals surface area contributed by atoms with Crippen molar-refractivity contribution in [1.82, 2.24) is 0 Å². The third-order valence-electron chi connectivity index (χ3n) is 2.72. The van der Waals surface area contributed by atoms with Gasteiger partial charge in [0.25, 0.3) is 0 Å². The first-order chi connectivity index (χ1) is 11.7. The molecule has 0 aromatic heterocycles. The lowest BCUT2D eigenvalue weighted by Gasteiger charge is -2.13. The van der Waals surface area contributed by atoms with Crippen LogP contribution in [0.1, 0.15) is 48.0 Å². The Morgan fingerprint density at radius 3 is 2.50 bits per heavy atom. The Morgan fingerprint density at radius 1 is 1.29 bits per heavy atom. The van der Waals surface area contributed by atoms with Crippen molar-refractivity contribution in [3.05, 3.63) is 60.6 Å². The number of Topliss-reactive ketones (excluding diaryl/α,β-unsaturated/α-hetero) is 1. The number of carbonyl (C=O) groups excluding carboxylic acids is 1. The van der Waals surface area contributed by atoms with Crippen LogP contribution < -0.4 is 0 Å². The molecule has 1 unspecified atom stereocenters. The molecular formula is C21H34O3. The van der Waals surface area contributed by atoms with Gasteiger partial charge in [-0.1, -0.05) is 59.4 Å². The third kappa shape index (κ3) is 12.5. The average Bonchev–Trinajstić information content (AvgIpc) is 2.63. The Kier molecular flexibility index (Phi) is 17.5. The topological polar surface area (TPSA) is 35.5 Å². The summed E-state index contributed by atoms with van der Waals surface area (Å²) in [6.07, 6.45) is 14.0. The quantitative estimate of drug-likeness (QED) is 0.418. The summed E-state index contributed by atoms with van der Waals surface area (Å²) in [5.41, 5.74) is 0. The van der Waals surface area contributed by atoms with Crippen LogP contribution in [0, 0.1) is 5.92 Å². The molecule has 1 aliphatic carbocycles. The van der Waals surface area contributed by atoms with Crippen molar-refractivity contribution in [2.24, 2.45) is 5.92 Å². The van der Waals surface area contributed by atoms with Crippen LogP contribution in [0.3, 0.4) is 0 Å². The van der Waals surface area contributed by atoms with Gasteiger partial charge in [0, 0.05) is 0 Å². The highest BCUT2D eigenvalue weighted by atomic mass is 16.5. The van der Waals surface area contributed by atoms with Crippen molar-refractivity contribution in [2.45, 2.75) is 48.0 Å². The highest BCUT2D eigenvalue weighted by molar-refractivity contribution is 5.81. The summed E-state index contributed by atoms with van der Waals surface area (Å²) in [5.74, 6) is 1.77. The van der Waals surface area contributed by atoms with Gasteiger partial charge >= 0.3 is 0 Å². The number of rotatable bonds is 8. The van der Waals surface area contributed by atoms with Crippen LogP contribution >= 0.6 is 0 Å². The first-order valence-corrected chi connectivity index (χ1v) is 8.76. The lowest BCUT2D eigenvalue weighted by Crippen LogP contribution is -2.15. The Labute approximate surface area is 148 Å². The van der Waals surface area contributed by atoms with Gasteiger partial charge in [0.05, 0.1) is 0 Å². The van der Waals surface area contributed by atoms with E-state index in [2.05, 4.69) is 19.6 Å². The molecule has 0 fully saturated rings. The third-order valence-corrected chi connectivity index (χ3v) is 2.72. The smallest absolute Gasteiger partial charge is 0.207 e. The summed E-state index contributed by atoms with van der Waals surface area (Å²) in [4.78, 5) is 11.7. The second kappa shape index (κ2) is 17.3. The minimum Gasteiger partial charge on any atom is -0.486 e. The fraction of sp³-hybridized carbons (Fsp3) is 0.476. The van der Waals surface area contributed by atoms with Crippen LogP contribution in [0.5, 0.6) is 0 Å². The van der Waals surface area contributed by atoms with Crippen LogP contribution in [0.4, 0.5) is 0 Å². The molecule has 3 heteroatoms. The van der Waals surface area contributed by atoms with Crippen molar-refractivity contribution in [2.75, 3.05) is 13.2 Å². The van der Waals surface area contributed by atoms with E-state index in [-0.39, 0.29) is 19.0 Å². The summed E-state index contributed by atoms with van der Waals surface area (Å²) in [5, 5.41) is 0. The molecule has 136 valence electrons. The standard InChI is InChI=1S/C17H22O3.2C2H6/c1-4-6-9-16(5-2)19-12-15(18)13-20-17-10-7-8-14(3)11-17;2*1-2/h4-7,9-11,14H,1,8,12-13H2,2-3H3;2*1-2H3/b9-6-,16-5+;;. The predicted octanol–water partition coefficient (Wildman–Crippen LogP) is 5.77. The molecule has 0 saturated heterocycles. The van der Waals surface area contributed by atoms with Gasteiger partial charge in [0.15, 0.2) is 0 Å². The lowest BCUT2D eigenvalue weighted by molar-refractivity contribution is -0.125. The van der Waals surface area contributed by atoms with Crippen LogP contribution in [-0.2, 0) is 14.3 Å². The van der Waals surface area contributed by atoms with Gasteiger partial charge in [-0.05, 0) is 43.6 Å². The van der Waals surface area contributed by atoms with Crippen LogP contribution in [0.25, 0.3) is 0 Å². The monoisotopic (exact) mass is 334 g/mol. The predicted molar refractivity (Wildman–Crippen MR) is 104 cm³/mol. The molecule has 0 heterocycles. The van der Waals surface area contributed by atoms with Crippen molar-refractivity contribution in [3.63, 3.8) is 0 Å². The number of ether oxygens (including phenoxy) is 2. The number of allylic oxidation sites excluding steroid dienone is 7. The molecule has 3 nitrogen and oxygen atoms in total. The maximum Gasteiger partial charge on any atom is 0.207 e. The zero-order valence-corrected chi connectivity index (χ0v) is 16.2. The number of ketones is 1. The summed E-state index contributed by atoms with van der Waals surface area (Å²) >= 11 is 0. The maximum absolute atomic E-state index is 11.7. The van der Waals surface area contributed by atoms with Gasteiger partial charge in [-0.15, -0.1) is 0 Å². The Bertz CT molecular complexity index is 454. The molecule has 0 aromatic rings. The van der Waals surface area contributed by atoms with Crippen molar-refractivity contribution >= 4 is 5.78 Å². The van der Waals surface area contributed by atoms with Gasteiger partial charge in [0.1, 0.15) is 24.7 Å². The van der Waals surface area contributed by atoms with Crippen molar-refractivity contribution in [3.8, 4) is 0 Å². The second-order valence-electron chi connectivity index (χ2n) is 4.59. The fourth-order valence-electron chi connectivity index (χ4n) is 1.66. The summed E-state index contributed by atoms with van der Waals surface area (Å²) in [6.45, 7) is 15.6. The normalized spacial score (nSPS) is 16.2. The number of hydrogen-bond donors (Lipinski definition) is 0. The Hall–Kier alpha value is -2.03. The van der Waals surface area contributed by atoms with E-state index in [0.29, 0.717) is 11.7 Å². The molecule has 24 heavy (non-hydrogen) atoms. The molecule has 0 aromatic carbocycles. The van der Waals surface area contributed by atoms with E-state index in [4.69, 9.17) is 9.47 Å². The zero-order chi connectivity index (χ0) is 18.8. The molecule has 1 atom stereocenters. The highest BCUT2D eigenvalue weighted by Crippen LogP contribution is 2.16. The van der Waals surface area contributed by atoms with Gasteiger partial charge in [-0.25, -0.2) is 0 Å². The highest BCUT2D eigenvalue weighted by Gasteiger charge is 2.08. The van der Waals surface area contributed by atoms with E-state index < -0.39 is 0 Å². The van der Waals surface area contributed by atoms with Crippen LogP contribution in [0.15, 0.2) is 60.6 Å². The Balaban J connectivity index is 0. The minimum atomic E-state index is -0.0936. The molecule has 0 spiro atoms. The molecule has 0 N–H and O–H groups in total. The van der Waals surface area contributed by atoms with E-state index in [0.717, 1.165) is 12.2 Å². The van der Waals surface area contributed by atoms with E-state index in [1.807, 2.05) is 46.8 Å². The van der Waals surface area contributed by atoms with Crippen LogP contribution in [0.2, 0.25) is 0 Å². The summed E-state index contributed by atoms with van der Waals surface area (Å²) in [6, 6.07) is 0. The fourth-order valence-corrected chi connectivity index (χ4v) is 1.66. The molecule has 0 aliphatic heterocycles. The molecule has 0 bridgehead atoms. The number of hydrogen-bond acceptors (Lipinski definition) is 3. The molecular weight excluding hydrogens is 300 g/mol. The van der Waals surface area contributed by atoms with E-state index >= 15 is 0 Å². The van der Waals surface area contributed by atoms with Gasteiger partial charge in [-0.2, -0.15) is 0 Å². The van der Waals surface area contributed by atoms with Gasteiger partial charge in [0.2, 0.25) is 5.78 Å². The van der Waals surface area contributed by atoms with E-state index in [1.165, 1.54) is 0 Å². The van der Waals surface area contributed by atoms with Crippen molar-refractivity contribution in [1.29, 1.82) is 0 Å². The average molecular weight is 335 g/mol. The molecule has 1 aliphatic rings. The van der Waals surface area contributed by atoms with Gasteiger partial charge in [-0.3, -0.25) is 4.79 Å². The molecule has 1 rings (SSSR count). The Morgan fingerprint density at radius 2 is 1.96 bits per heavy atom. The molecule has 0 amide bonds. The summed E-state index contributed by atoms with van der Waals surface area (Å²) in [7, 11) is 0. The SMILES string of the molecule is C=C/C=C\C(=C/C)OCC(=O)COC1=CC(C)CC=C1.CC.CC. The van der Waals surface area contributed by atoms with Crippen molar-refractivity contribution < 1.29 is 14.3 Å². The first-order valence-electron chi connectivity index (χ1n) is 8.76. The van der Waals surface area contributed by atoms with Gasteiger partial charge < -0.3 is 9.47 Å². The maximum atomic E-state index is 11.7. The second-order valence-corrected chi connectivity index (χ2v) is 4.59. The molecule has 0 radical (unpaired) electrons. The summed E-state index contributed by atoms with van der Waals surface area (Å²) < 4.78 is 10.8.